The Balaban J connectivity index is 1.22. The first kappa shape index (κ1) is 28.2. The fraction of sp³-hybridized carbons (Fsp3) is 0.424. The maximum atomic E-state index is 14.4. The Bertz CT molecular complexity index is 1450. The monoisotopic (exact) mass is 569 g/mol. The molecule has 2 N–H and O–H groups in total. The van der Waals surface area contributed by atoms with Gasteiger partial charge in [0.1, 0.15) is 5.82 Å². The van der Waals surface area contributed by atoms with Crippen LogP contribution in [0.4, 0.5) is 5.82 Å². The topological polar surface area (TPSA) is 102 Å². The van der Waals surface area contributed by atoms with Crippen molar-refractivity contribution in [3.8, 4) is 0 Å². The molecule has 3 aliphatic heterocycles. The summed E-state index contributed by atoms with van der Waals surface area (Å²) in [5, 5.41) is 20.2. The number of carbonyl (C=O) groups excluding carboxylic acids is 2. The zero-order valence-electron chi connectivity index (χ0n) is 24.0. The second kappa shape index (κ2) is 12.1. The molecule has 42 heavy (non-hydrogen) atoms. The van der Waals surface area contributed by atoms with Gasteiger partial charge in [-0.2, -0.15) is 0 Å². The molecule has 0 spiro atoms. The highest BCUT2D eigenvalue weighted by Gasteiger charge is 2.42. The quantitative estimate of drug-likeness (QED) is 0.475. The molecule has 1 aromatic heterocycles. The molecule has 3 aliphatic rings. The normalized spacial score (nSPS) is 24.0. The second-order valence-corrected chi connectivity index (χ2v) is 11.8. The van der Waals surface area contributed by atoms with E-state index in [9.17, 15) is 19.8 Å². The van der Waals surface area contributed by atoms with Gasteiger partial charge in [0.2, 0.25) is 5.91 Å². The van der Waals surface area contributed by atoms with Crippen molar-refractivity contribution in [2.45, 2.75) is 50.5 Å². The number of carbonyl (C=O) groups is 2. The van der Waals surface area contributed by atoms with Gasteiger partial charge in [-0.15, -0.1) is 0 Å². The summed E-state index contributed by atoms with van der Waals surface area (Å²) in [4.78, 5) is 38.5. The third-order valence-electron chi connectivity index (χ3n) is 9.06. The van der Waals surface area contributed by atoms with Gasteiger partial charge in [0, 0.05) is 68.9 Å². The number of aromatic nitrogens is 1. The first-order valence-corrected chi connectivity index (χ1v) is 14.9. The van der Waals surface area contributed by atoms with Crippen molar-refractivity contribution in [2.75, 3.05) is 26.2 Å². The Morgan fingerprint density at radius 3 is 2.67 bits per heavy atom. The van der Waals surface area contributed by atoms with Crippen molar-refractivity contribution in [2.24, 2.45) is 18.0 Å². The molecule has 6 rings (SSSR count). The number of nitrogens with zero attached hydrogens (tertiary/aromatic N) is 5. The highest BCUT2D eigenvalue weighted by molar-refractivity contribution is 5.94. The van der Waals surface area contributed by atoms with Gasteiger partial charge in [-0.1, -0.05) is 42.5 Å². The zero-order chi connectivity index (χ0) is 29.2. The van der Waals surface area contributed by atoms with E-state index >= 15 is 0 Å². The van der Waals surface area contributed by atoms with Crippen molar-refractivity contribution in [1.82, 2.24) is 19.3 Å². The van der Waals surface area contributed by atoms with Crippen LogP contribution >= 0.6 is 0 Å². The number of hydrogen-bond donors (Lipinski definition) is 2. The third kappa shape index (κ3) is 5.71. The van der Waals surface area contributed by atoms with Gasteiger partial charge in [0.05, 0.1) is 25.1 Å². The van der Waals surface area contributed by atoms with Crippen LogP contribution in [-0.4, -0.2) is 86.0 Å². The molecule has 2 aromatic carbocycles. The van der Waals surface area contributed by atoms with E-state index in [-0.39, 0.29) is 36.3 Å². The van der Waals surface area contributed by atoms with Crippen LogP contribution in [0.15, 0.2) is 71.9 Å². The fourth-order valence-electron chi connectivity index (χ4n) is 6.81. The number of aliphatic hydroxyl groups excluding tert-OH is 2. The van der Waals surface area contributed by atoms with E-state index in [0.717, 1.165) is 23.5 Å². The van der Waals surface area contributed by atoms with Crippen LogP contribution in [0.25, 0.3) is 0 Å². The molecule has 4 heterocycles. The number of likely N-dealkylation sites (tertiary alicyclic amines) is 2. The summed E-state index contributed by atoms with van der Waals surface area (Å²) < 4.78 is 2.01. The molecule has 220 valence electrons. The number of rotatable bonds is 6. The minimum absolute atomic E-state index is 0.0826. The molecule has 4 atom stereocenters. The maximum Gasteiger partial charge on any atom is 0.253 e. The number of benzene rings is 2. The Hall–Kier alpha value is -3.95. The summed E-state index contributed by atoms with van der Waals surface area (Å²) in [5.41, 5.74) is 3.45. The average molecular weight is 570 g/mol. The van der Waals surface area contributed by atoms with E-state index in [0.29, 0.717) is 56.6 Å². The molecular weight excluding hydrogens is 530 g/mol. The van der Waals surface area contributed by atoms with Crippen molar-refractivity contribution in [3.05, 3.63) is 89.1 Å². The van der Waals surface area contributed by atoms with Crippen molar-refractivity contribution >= 4 is 24.0 Å². The van der Waals surface area contributed by atoms with E-state index in [1.165, 1.54) is 0 Å². The van der Waals surface area contributed by atoms with Gasteiger partial charge in [0.15, 0.2) is 0 Å². The standard InChI is InChI=1S/C33H39N5O4/c1-35-13-10-26-18-36(22-34-31(26)35)19-27-17-28(40)11-15-38(27)33(42)29-12-14-37(20-30(29)24-7-3-2-4-8-24)32(41)25-9-5-6-23(16-25)21-39/h2-10,13,16,22,27-30,39-40H,11-12,14-15,17-21H2,1H3/t27?,28?,29-,30+/m1/s1. The molecular formula is C33H39N5O4. The lowest BCUT2D eigenvalue weighted by Gasteiger charge is -2.45. The number of amides is 2. The highest BCUT2D eigenvalue weighted by Crippen LogP contribution is 2.36. The van der Waals surface area contributed by atoms with E-state index in [1.807, 2.05) is 64.3 Å². The Labute approximate surface area is 246 Å². The van der Waals surface area contributed by atoms with Crippen molar-refractivity contribution < 1.29 is 19.8 Å². The molecule has 2 amide bonds. The van der Waals surface area contributed by atoms with Gasteiger partial charge in [-0.05, 0) is 48.6 Å². The predicted molar refractivity (Wildman–Crippen MR) is 160 cm³/mol. The minimum atomic E-state index is -0.438. The van der Waals surface area contributed by atoms with Crippen molar-refractivity contribution in [1.29, 1.82) is 0 Å². The lowest BCUT2D eigenvalue weighted by Crippen LogP contribution is -2.56. The molecule has 0 aliphatic carbocycles. The van der Waals surface area contributed by atoms with Gasteiger partial charge in [0.25, 0.3) is 5.91 Å². The molecule has 3 aromatic rings. The molecule has 0 bridgehead atoms. The first-order valence-electron chi connectivity index (χ1n) is 14.9. The van der Waals surface area contributed by atoms with E-state index in [2.05, 4.69) is 16.0 Å². The number of aryl methyl sites for hydroxylation is 1. The van der Waals surface area contributed by atoms with Crippen LogP contribution in [0.5, 0.6) is 0 Å². The zero-order valence-corrected chi connectivity index (χ0v) is 24.0. The molecule has 2 unspecified atom stereocenters. The average Bonchev–Trinajstić information content (AvgIpc) is 3.40. The smallest absolute Gasteiger partial charge is 0.253 e. The Morgan fingerprint density at radius 1 is 1.02 bits per heavy atom. The summed E-state index contributed by atoms with van der Waals surface area (Å²) in [6.07, 6.45) is 5.09. The molecule has 2 fully saturated rings. The maximum absolute atomic E-state index is 14.4. The number of aliphatic hydroxyl groups is 2. The SMILES string of the molecule is Cn1ccc2c1N=CN(CC1CC(O)CCN1C(=O)[C@@H]1CCN(C(=O)c3cccc(CO)c3)C[C@H]1c1ccccc1)C2. The molecule has 9 heteroatoms. The number of aliphatic imine (C=N–C) groups is 1. The van der Waals surface area contributed by atoms with Gasteiger partial charge in [-0.25, -0.2) is 4.99 Å². The van der Waals surface area contributed by atoms with E-state index in [4.69, 9.17) is 0 Å². The van der Waals surface area contributed by atoms with Crippen LogP contribution in [0.1, 0.15) is 52.2 Å². The van der Waals surface area contributed by atoms with Crippen LogP contribution in [0, 0.1) is 5.92 Å². The number of fused-ring (bicyclic) bond motifs is 1. The lowest BCUT2D eigenvalue weighted by molar-refractivity contribution is -0.143. The Kier molecular flexibility index (Phi) is 8.13. The van der Waals surface area contributed by atoms with Gasteiger partial charge < -0.3 is 29.5 Å². The van der Waals surface area contributed by atoms with E-state index < -0.39 is 6.10 Å². The summed E-state index contributed by atoms with van der Waals surface area (Å²) in [6.45, 7) is 2.65. The van der Waals surface area contributed by atoms with E-state index in [1.54, 1.807) is 24.3 Å². The molecule has 0 radical (unpaired) electrons. The third-order valence-corrected chi connectivity index (χ3v) is 9.06. The molecule has 9 nitrogen and oxygen atoms in total. The first-order chi connectivity index (χ1) is 20.4. The Morgan fingerprint density at radius 2 is 1.86 bits per heavy atom. The number of piperidine rings is 2. The van der Waals surface area contributed by atoms with Crippen LogP contribution in [-0.2, 0) is 25.0 Å². The largest absolute Gasteiger partial charge is 0.393 e. The summed E-state index contributed by atoms with van der Waals surface area (Å²) in [6, 6.07) is 19.1. The predicted octanol–water partition coefficient (Wildman–Crippen LogP) is 3.29. The second-order valence-electron chi connectivity index (χ2n) is 11.8. The van der Waals surface area contributed by atoms with Crippen LogP contribution < -0.4 is 0 Å². The number of hydrogen-bond acceptors (Lipinski definition) is 6. The molecule has 0 saturated carbocycles. The lowest BCUT2D eigenvalue weighted by atomic mass is 9.79. The summed E-state index contributed by atoms with van der Waals surface area (Å²) in [5.74, 6) is 0.560. The fourth-order valence-corrected chi connectivity index (χ4v) is 6.81. The summed E-state index contributed by atoms with van der Waals surface area (Å²) in [7, 11) is 1.98. The summed E-state index contributed by atoms with van der Waals surface area (Å²) >= 11 is 0. The minimum Gasteiger partial charge on any atom is -0.393 e. The van der Waals surface area contributed by atoms with Gasteiger partial charge >= 0.3 is 0 Å². The van der Waals surface area contributed by atoms with Crippen LogP contribution in [0.3, 0.4) is 0 Å². The van der Waals surface area contributed by atoms with Crippen molar-refractivity contribution in [3.63, 3.8) is 0 Å². The molecule has 2 saturated heterocycles. The van der Waals surface area contributed by atoms with Crippen LogP contribution in [0.2, 0.25) is 0 Å². The van der Waals surface area contributed by atoms with Gasteiger partial charge in [-0.3, -0.25) is 9.59 Å². The highest BCUT2D eigenvalue weighted by atomic mass is 16.3.